The maximum atomic E-state index is 13.5. The van der Waals surface area contributed by atoms with Crippen LogP contribution in [0, 0.1) is 34.5 Å². The average molecular weight is 577 g/mol. The number of carboxylic acids is 1. The van der Waals surface area contributed by atoms with Crippen molar-refractivity contribution in [3.63, 3.8) is 0 Å². The lowest BCUT2D eigenvalue weighted by Crippen LogP contribution is -2.59. The van der Waals surface area contributed by atoms with Crippen molar-refractivity contribution in [1.29, 1.82) is 0 Å². The van der Waals surface area contributed by atoms with Crippen LogP contribution in [0.2, 0.25) is 0 Å². The fourth-order valence-corrected chi connectivity index (χ4v) is 11.1. The number of hydrogen-bond donors (Lipinski definition) is 3. The topological polar surface area (TPSA) is 149 Å². The molecule has 8 saturated carbocycles. The summed E-state index contributed by atoms with van der Waals surface area (Å²) in [7, 11) is 0. The first kappa shape index (κ1) is 28.0. The number of aliphatic hydroxyl groups is 2. The van der Waals surface area contributed by atoms with E-state index in [4.69, 9.17) is 18.9 Å². The zero-order valence-electron chi connectivity index (χ0n) is 24.0. The lowest BCUT2D eigenvalue weighted by Gasteiger charge is -2.58. The molecule has 8 aliphatic carbocycles. The number of hydrogen-bond acceptors (Lipinski definition) is 9. The zero-order valence-corrected chi connectivity index (χ0v) is 24.0. The molecule has 1 heterocycles. The van der Waals surface area contributed by atoms with Gasteiger partial charge in [0, 0.05) is 6.42 Å². The Hall–Kier alpha value is -1.75. The summed E-state index contributed by atoms with van der Waals surface area (Å²) >= 11 is 0. The van der Waals surface area contributed by atoms with Gasteiger partial charge >= 0.3 is 17.9 Å². The van der Waals surface area contributed by atoms with Crippen LogP contribution in [-0.2, 0) is 33.3 Å². The molecule has 9 aliphatic rings. The predicted molar refractivity (Wildman–Crippen MR) is 141 cm³/mol. The van der Waals surface area contributed by atoms with Crippen LogP contribution >= 0.6 is 0 Å². The number of carbonyl (C=O) groups is 3. The molecular formula is C31H44O10. The summed E-state index contributed by atoms with van der Waals surface area (Å²) in [5, 5.41) is 31.4. The van der Waals surface area contributed by atoms with E-state index in [1.165, 1.54) is 0 Å². The van der Waals surface area contributed by atoms with E-state index >= 15 is 0 Å². The van der Waals surface area contributed by atoms with Crippen molar-refractivity contribution in [3.8, 4) is 0 Å². The molecule has 0 radical (unpaired) electrons. The van der Waals surface area contributed by atoms with E-state index in [-0.39, 0.29) is 38.0 Å². The van der Waals surface area contributed by atoms with Crippen molar-refractivity contribution in [2.45, 2.75) is 126 Å². The molecule has 1 aliphatic heterocycles. The van der Waals surface area contributed by atoms with E-state index in [2.05, 4.69) is 0 Å². The second-order valence-corrected chi connectivity index (χ2v) is 15.5. The molecule has 0 spiro atoms. The Morgan fingerprint density at radius 3 is 1.44 bits per heavy atom. The average Bonchev–Trinajstić information content (AvgIpc) is 3.17. The maximum absolute atomic E-state index is 13.5. The van der Waals surface area contributed by atoms with Gasteiger partial charge in [-0.15, -0.1) is 0 Å². The molecule has 6 unspecified atom stereocenters. The lowest BCUT2D eigenvalue weighted by atomic mass is 9.48. The minimum Gasteiger partial charge on any atom is -0.481 e. The van der Waals surface area contributed by atoms with Gasteiger partial charge in [0.05, 0.1) is 28.5 Å². The van der Waals surface area contributed by atoms with Gasteiger partial charge in [0.15, 0.2) is 5.79 Å². The SMILES string of the molecule is CC1(CCC(=O)O)OC(COC(=O)C23CC4CC(CC(O)(C4)C2)C3)C(COC(=O)C23CC4CC(CC(O)(C4)C2)C3)O1. The minimum absolute atomic E-state index is 0.0951. The molecule has 1 saturated heterocycles. The molecular weight excluding hydrogens is 532 g/mol. The third-order valence-electron chi connectivity index (χ3n) is 11.7. The Balaban J connectivity index is 1.02. The number of ether oxygens (including phenoxy) is 4. The summed E-state index contributed by atoms with van der Waals surface area (Å²) in [5.41, 5.74) is -2.92. The van der Waals surface area contributed by atoms with Crippen LogP contribution in [0.4, 0.5) is 0 Å². The maximum Gasteiger partial charge on any atom is 0.312 e. The number of aliphatic carboxylic acids is 1. The highest BCUT2D eigenvalue weighted by Gasteiger charge is 2.62. The van der Waals surface area contributed by atoms with Crippen molar-refractivity contribution < 1.29 is 48.7 Å². The normalized spacial score (nSPS) is 50.7. The van der Waals surface area contributed by atoms with Crippen LogP contribution in [0.3, 0.4) is 0 Å². The Labute approximate surface area is 240 Å². The van der Waals surface area contributed by atoms with Crippen molar-refractivity contribution in [2.75, 3.05) is 13.2 Å². The molecule has 0 aromatic rings. The Morgan fingerprint density at radius 2 is 1.10 bits per heavy atom. The smallest absolute Gasteiger partial charge is 0.312 e. The number of carbonyl (C=O) groups excluding carboxylic acids is 2. The van der Waals surface area contributed by atoms with Crippen LogP contribution in [0.1, 0.15) is 96.8 Å². The van der Waals surface area contributed by atoms with Gasteiger partial charge in [-0.05, 0) is 108 Å². The highest BCUT2D eigenvalue weighted by molar-refractivity contribution is 5.78. The van der Waals surface area contributed by atoms with Crippen LogP contribution in [0.5, 0.6) is 0 Å². The quantitative estimate of drug-likeness (QED) is 0.350. The Kier molecular flexibility index (Phi) is 6.41. The summed E-state index contributed by atoms with van der Waals surface area (Å²) < 4.78 is 24.1. The summed E-state index contributed by atoms with van der Waals surface area (Å²) in [5.74, 6) is -1.46. The summed E-state index contributed by atoms with van der Waals surface area (Å²) in [6, 6.07) is 0. The summed E-state index contributed by atoms with van der Waals surface area (Å²) in [4.78, 5) is 38.3. The van der Waals surface area contributed by atoms with Gasteiger partial charge < -0.3 is 34.3 Å². The standard InChI is InChI=1S/C31H44O10/c1-27(3-2-24(32)33)40-22(14-38-25(34)28-6-18-4-19(7-28)11-30(36,10-18)16-28)23(41-27)15-39-26(35)29-8-20-5-21(9-29)13-31(37,12-20)17-29/h18-23,36-37H,2-17H2,1H3,(H,32,33). The van der Waals surface area contributed by atoms with Crippen molar-refractivity contribution in [2.24, 2.45) is 34.5 Å². The molecule has 0 aromatic heterocycles. The fourth-order valence-electron chi connectivity index (χ4n) is 11.1. The van der Waals surface area contributed by atoms with Crippen LogP contribution < -0.4 is 0 Å². The van der Waals surface area contributed by atoms with Gasteiger partial charge in [0.2, 0.25) is 0 Å². The van der Waals surface area contributed by atoms with E-state index in [0.29, 0.717) is 36.5 Å². The zero-order chi connectivity index (χ0) is 28.8. The first-order valence-corrected chi connectivity index (χ1v) is 15.6. The lowest BCUT2D eigenvalue weighted by molar-refractivity contribution is -0.201. The van der Waals surface area contributed by atoms with E-state index in [1.807, 2.05) is 0 Å². The highest BCUT2D eigenvalue weighted by atomic mass is 16.8. The van der Waals surface area contributed by atoms with E-state index < -0.39 is 46.0 Å². The van der Waals surface area contributed by atoms with Crippen molar-refractivity contribution >= 4 is 17.9 Å². The molecule has 41 heavy (non-hydrogen) atoms. The molecule has 3 N–H and O–H groups in total. The van der Waals surface area contributed by atoms with E-state index in [9.17, 15) is 29.7 Å². The summed E-state index contributed by atoms with van der Waals surface area (Å²) in [6.07, 6.45) is 7.43. The second kappa shape index (κ2) is 9.37. The molecule has 0 amide bonds. The van der Waals surface area contributed by atoms with Gasteiger partial charge in [-0.3, -0.25) is 14.4 Å². The third kappa shape index (κ3) is 5.00. The van der Waals surface area contributed by atoms with Gasteiger partial charge in [-0.25, -0.2) is 0 Å². The largest absolute Gasteiger partial charge is 0.481 e. The molecule has 9 fully saturated rings. The molecule has 0 aromatic carbocycles. The molecule has 8 bridgehead atoms. The first-order chi connectivity index (χ1) is 19.3. The third-order valence-corrected chi connectivity index (χ3v) is 11.7. The first-order valence-electron chi connectivity index (χ1n) is 15.6. The number of carboxylic acid groups (broad SMARTS) is 1. The van der Waals surface area contributed by atoms with Crippen LogP contribution in [0.15, 0.2) is 0 Å². The minimum atomic E-state index is -1.22. The van der Waals surface area contributed by atoms with E-state index in [1.54, 1.807) is 6.92 Å². The van der Waals surface area contributed by atoms with E-state index in [0.717, 1.165) is 64.2 Å². The monoisotopic (exact) mass is 576 g/mol. The fraction of sp³-hybridized carbons (Fsp3) is 0.903. The second-order valence-electron chi connectivity index (χ2n) is 15.5. The van der Waals surface area contributed by atoms with Gasteiger partial charge in [-0.1, -0.05) is 0 Å². The van der Waals surface area contributed by atoms with Gasteiger partial charge in [0.25, 0.3) is 0 Å². The van der Waals surface area contributed by atoms with Crippen LogP contribution in [0.25, 0.3) is 0 Å². The van der Waals surface area contributed by atoms with Crippen LogP contribution in [-0.4, -0.2) is 75.6 Å². The Bertz CT molecular complexity index is 1010. The van der Waals surface area contributed by atoms with Crippen molar-refractivity contribution in [3.05, 3.63) is 0 Å². The predicted octanol–water partition coefficient (Wildman–Crippen LogP) is 3.10. The molecule has 9 rings (SSSR count). The summed E-state index contributed by atoms with van der Waals surface area (Å²) in [6.45, 7) is 1.46. The van der Waals surface area contributed by atoms with Gasteiger partial charge in [-0.2, -0.15) is 0 Å². The number of rotatable bonds is 9. The highest BCUT2D eigenvalue weighted by Crippen LogP contribution is 2.63. The molecule has 10 nitrogen and oxygen atoms in total. The molecule has 228 valence electrons. The molecule has 10 heteroatoms. The number of esters is 2. The van der Waals surface area contributed by atoms with Crippen molar-refractivity contribution in [1.82, 2.24) is 0 Å². The van der Waals surface area contributed by atoms with Gasteiger partial charge in [0.1, 0.15) is 25.4 Å². The Morgan fingerprint density at radius 1 is 0.707 bits per heavy atom. The molecule has 6 atom stereocenters.